The van der Waals surface area contributed by atoms with Crippen LogP contribution in [0.15, 0.2) is 42.9 Å². The number of phenolic OH excluding ortho intramolecular Hbond substituents is 1. The van der Waals surface area contributed by atoms with Gasteiger partial charge in [-0.1, -0.05) is 0 Å². The van der Waals surface area contributed by atoms with Crippen molar-refractivity contribution in [1.29, 1.82) is 0 Å². The lowest BCUT2D eigenvalue weighted by atomic mass is 9.86. The molecule has 7 nitrogen and oxygen atoms in total. The van der Waals surface area contributed by atoms with E-state index in [2.05, 4.69) is 15.5 Å². The first kappa shape index (κ1) is 25.6. The number of carbonyl (C=O) groups excluding carboxylic acids is 1. The van der Waals surface area contributed by atoms with E-state index in [0.717, 1.165) is 35.3 Å². The van der Waals surface area contributed by atoms with E-state index in [9.17, 15) is 31.1 Å². The second-order valence-electron chi connectivity index (χ2n) is 9.29. The van der Waals surface area contributed by atoms with Crippen LogP contribution in [0.4, 0.5) is 26.3 Å². The molecule has 200 valence electrons. The van der Waals surface area contributed by atoms with Crippen LogP contribution in [0, 0.1) is 23.4 Å². The molecule has 2 heterocycles. The van der Waals surface area contributed by atoms with Gasteiger partial charge in [-0.15, -0.1) is 0 Å². The minimum Gasteiger partial charge on any atom is -0.503 e. The number of phenols is 1. The van der Waals surface area contributed by atoms with Gasteiger partial charge in [0, 0.05) is 24.3 Å². The Labute approximate surface area is 211 Å². The van der Waals surface area contributed by atoms with E-state index in [1.54, 1.807) is 18.2 Å². The van der Waals surface area contributed by atoms with Gasteiger partial charge in [0.15, 0.2) is 17.4 Å². The van der Waals surface area contributed by atoms with Gasteiger partial charge in [-0.05, 0) is 55.9 Å². The number of amides is 1. The zero-order valence-electron chi connectivity index (χ0n) is 19.6. The maximum Gasteiger partial charge on any atom is 0.419 e. The SMILES string of the molecule is O=C(NC[C@H]1CC[C@H](n2cc3ccc(-n4cc(C(F)(F)F)cn4)cc3n2)CC1)c1cc(F)c(O)c(F)c1F. The predicted octanol–water partition coefficient (Wildman–Crippen LogP) is 5.53. The summed E-state index contributed by atoms with van der Waals surface area (Å²) in [7, 11) is 0. The van der Waals surface area contributed by atoms with Crippen LogP contribution in [-0.2, 0) is 6.18 Å². The fraction of sp³-hybridized carbons (Fsp3) is 0.320. The van der Waals surface area contributed by atoms with Crippen LogP contribution in [-0.4, -0.2) is 37.1 Å². The Morgan fingerprint density at radius 3 is 2.47 bits per heavy atom. The third-order valence-corrected chi connectivity index (χ3v) is 6.80. The highest BCUT2D eigenvalue weighted by Crippen LogP contribution is 2.33. The largest absolute Gasteiger partial charge is 0.503 e. The average molecular weight is 537 g/mol. The zero-order chi connectivity index (χ0) is 27.2. The molecule has 0 bridgehead atoms. The molecule has 2 N–H and O–H groups in total. The molecule has 4 aromatic rings. The van der Waals surface area contributed by atoms with Crippen molar-refractivity contribution >= 4 is 16.8 Å². The number of alkyl halides is 3. The Morgan fingerprint density at radius 1 is 1.05 bits per heavy atom. The molecule has 0 spiro atoms. The lowest BCUT2D eigenvalue weighted by Gasteiger charge is -2.28. The molecule has 2 aromatic carbocycles. The van der Waals surface area contributed by atoms with Crippen molar-refractivity contribution in [2.45, 2.75) is 37.9 Å². The first-order chi connectivity index (χ1) is 18.0. The van der Waals surface area contributed by atoms with E-state index in [-0.39, 0.29) is 18.5 Å². The Morgan fingerprint density at radius 2 is 1.79 bits per heavy atom. The van der Waals surface area contributed by atoms with Gasteiger partial charge >= 0.3 is 6.18 Å². The molecule has 1 amide bonds. The van der Waals surface area contributed by atoms with Crippen molar-refractivity contribution in [3.05, 3.63) is 71.4 Å². The van der Waals surface area contributed by atoms with E-state index in [0.29, 0.717) is 30.1 Å². The number of benzene rings is 2. The molecule has 0 aliphatic heterocycles. The van der Waals surface area contributed by atoms with Crippen LogP contribution in [0.1, 0.15) is 47.6 Å². The lowest BCUT2D eigenvalue weighted by molar-refractivity contribution is -0.137. The summed E-state index contributed by atoms with van der Waals surface area (Å²) in [5.74, 6) is -7.25. The van der Waals surface area contributed by atoms with E-state index in [1.165, 1.54) is 0 Å². The maximum absolute atomic E-state index is 13.9. The van der Waals surface area contributed by atoms with Crippen LogP contribution in [0.5, 0.6) is 5.75 Å². The monoisotopic (exact) mass is 537 g/mol. The number of hydrogen-bond acceptors (Lipinski definition) is 4. The summed E-state index contributed by atoms with van der Waals surface area (Å²) in [6.45, 7) is 0.184. The number of fused-ring (bicyclic) bond motifs is 1. The smallest absolute Gasteiger partial charge is 0.419 e. The van der Waals surface area contributed by atoms with Crippen molar-refractivity contribution in [3.63, 3.8) is 0 Å². The maximum atomic E-state index is 13.9. The highest BCUT2D eigenvalue weighted by atomic mass is 19.4. The molecule has 0 saturated heterocycles. The average Bonchev–Trinajstić information content (AvgIpc) is 3.56. The molecule has 0 unspecified atom stereocenters. The second kappa shape index (κ2) is 9.69. The first-order valence-corrected chi connectivity index (χ1v) is 11.8. The molecule has 1 aliphatic rings. The van der Waals surface area contributed by atoms with Crippen molar-refractivity contribution in [2.24, 2.45) is 5.92 Å². The van der Waals surface area contributed by atoms with E-state index >= 15 is 0 Å². The summed E-state index contributed by atoms with van der Waals surface area (Å²) in [5, 5.41) is 20.8. The molecule has 13 heteroatoms. The quantitative estimate of drug-likeness (QED) is 0.259. The van der Waals surface area contributed by atoms with Gasteiger partial charge in [-0.25, -0.2) is 13.5 Å². The summed E-state index contributed by atoms with van der Waals surface area (Å²) in [5.41, 5.74) is -0.610. The van der Waals surface area contributed by atoms with Crippen LogP contribution in [0.3, 0.4) is 0 Å². The normalized spacial score (nSPS) is 18.2. The highest BCUT2D eigenvalue weighted by Gasteiger charge is 2.32. The van der Waals surface area contributed by atoms with Crippen molar-refractivity contribution in [3.8, 4) is 11.4 Å². The highest BCUT2D eigenvalue weighted by molar-refractivity contribution is 5.94. The van der Waals surface area contributed by atoms with Crippen molar-refractivity contribution in [1.82, 2.24) is 24.9 Å². The minimum absolute atomic E-state index is 0.0595. The number of halogens is 6. The Hall–Kier alpha value is -4.03. The molecule has 5 rings (SSSR count). The zero-order valence-corrected chi connectivity index (χ0v) is 19.6. The molecule has 1 aliphatic carbocycles. The van der Waals surface area contributed by atoms with Crippen LogP contribution >= 0.6 is 0 Å². The summed E-state index contributed by atoms with van der Waals surface area (Å²) in [6.07, 6.45) is 1.94. The van der Waals surface area contributed by atoms with Gasteiger partial charge in [0.05, 0.1) is 34.6 Å². The minimum atomic E-state index is -4.48. The number of nitrogens with one attached hydrogen (secondary N) is 1. The molecule has 2 aromatic heterocycles. The topological polar surface area (TPSA) is 85.0 Å². The Kier molecular flexibility index (Phi) is 6.53. The molecule has 0 radical (unpaired) electrons. The van der Waals surface area contributed by atoms with Gasteiger partial charge in [-0.2, -0.15) is 27.8 Å². The number of hydrogen-bond donors (Lipinski definition) is 2. The number of nitrogens with zero attached hydrogens (tertiary/aromatic N) is 4. The Bertz CT molecular complexity index is 1500. The molecule has 1 saturated carbocycles. The van der Waals surface area contributed by atoms with E-state index in [1.807, 2.05) is 10.9 Å². The molecule has 1 fully saturated rings. The number of rotatable bonds is 5. The number of carbonyl (C=O) groups is 1. The van der Waals surface area contributed by atoms with Crippen LogP contribution < -0.4 is 5.32 Å². The van der Waals surface area contributed by atoms with Gasteiger partial charge in [0.25, 0.3) is 5.91 Å². The summed E-state index contributed by atoms with van der Waals surface area (Å²) in [4.78, 5) is 12.2. The fourth-order valence-electron chi connectivity index (χ4n) is 4.66. The third kappa shape index (κ3) is 4.92. The third-order valence-electron chi connectivity index (χ3n) is 6.80. The van der Waals surface area contributed by atoms with Gasteiger partial charge in [0.1, 0.15) is 0 Å². The Balaban J connectivity index is 1.20. The summed E-state index contributed by atoms with van der Waals surface area (Å²) < 4.78 is 82.6. The first-order valence-electron chi connectivity index (χ1n) is 11.8. The predicted molar refractivity (Wildman–Crippen MR) is 123 cm³/mol. The molecule has 0 atom stereocenters. The number of aromatic nitrogens is 4. The van der Waals surface area contributed by atoms with Gasteiger partial charge in [0.2, 0.25) is 5.82 Å². The van der Waals surface area contributed by atoms with Crippen molar-refractivity contribution < 1.29 is 36.2 Å². The van der Waals surface area contributed by atoms with E-state index in [4.69, 9.17) is 5.11 Å². The van der Waals surface area contributed by atoms with E-state index < -0.39 is 46.4 Å². The van der Waals surface area contributed by atoms with Gasteiger partial charge < -0.3 is 10.4 Å². The standard InChI is InChI=1S/C25H21F6N5O2/c26-19-8-18(21(27)22(28)23(19)37)24(38)32-9-13-1-4-16(5-2-13)36-11-14-3-6-17(7-20(14)34-36)35-12-15(10-33-35)25(29,30)31/h3,6-8,10-13,16,37H,1-2,4-5,9H2,(H,32,38)/t13-,16-. The van der Waals surface area contributed by atoms with Crippen LogP contribution in [0.25, 0.3) is 16.6 Å². The van der Waals surface area contributed by atoms with Crippen LogP contribution in [0.2, 0.25) is 0 Å². The van der Waals surface area contributed by atoms with Crippen molar-refractivity contribution in [2.75, 3.05) is 6.54 Å². The summed E-state index contributed by atoms with van der Waals surface area (Å²) >= 11 is 0. The number of aromatic hydroxyl groups is 1. The molecule has 38 heavy (non-hydrogen) atoms. The fourth-order valence-corrected chi connectivity index (χ4v) is 4.66. The molecular formula is C25H21F6N5O2. The lowest BCUT2D eigenvalue weighted by Crippen LogP contribution is -2.32. The summed E-state index contributed by atoms with van der Waals surface area (Å²) in [6, 6.07) is 5.61. The van der Waals surface area contributed by atoms with Gasteiger partial charge in [-0.3, -0.25) is 9.48 Å². The second-order valence-corrected chi connectivity index (χ2v) is 9.29. The molecular weight excluding hydrogens is 516 g/mol.